The topological polar surface area (TPSA) is 56.5 Å². The Bertz CT molecular complexity index is 476. The van der Waals surface area contributed by atoms with Crippen LogP contribution in [0.4, 0.5) is 0 Å². The summed E-state index contributed by atoms with van der Waals surface area (Å²) in [6, 6.07) is 0. The highest BCUT2D eigenvalue weighted by Gasteiger charge is 2.10. The zero-order valence-electron chi connectivity index (χ0n) is 9.18. The first kappa shape index (κ1) is 11.2. The van der Waals surface area contributed by atoms with E-state index in [2.05, 4.69) is 36.0 Å². The third-order valence-corrected chi connectivity index (χ3v) is 2.56. The number of halogens is 1. The van der Waals surface area contributed by atoms with Gasteiger partial charge in [-0.25, -0.2) is 15.0 Å². The van der Waals surface area contributed by atoms with Crippen molar-refractivity contribution in [2.75, 3.05) is 0 Å². The molecule has 2 aromatic heterocycles. The van der Waals surface area contributed by atoms with Crippen molar-refractivity contribution in [2.24, 2.45) is 0 Å². The van der Waals surface area contributed by atoms with Gasteiger partial charge >= 0.3 is 0 Å². The van der Waals surface area contributed by atoms with Crippen LogP contribution in [0.5, 0.6) is 0 Å². The molecule has 0 fully saturated rings. The summed E-state index contributed by atoms with van der Waals surface area (Å²) in [6.07, 6.45) is 5.03. The molecule has 0 bridgehead atoms. The van der Waals surface area contributed by atoms with E-state index in [4.69, 9.17) is 0 Å². The van der Waals surface area contributed by atoms with Gasteiger partial charge in [0.2, 0.25) is 0 Å². The summed E-state index contributed by atoms with van der Waals surface area (Å²) in [5.41, 5.74) is 0. The molecule has 5 nitrogen and oxygen atoms in total. The summed E-state index contributed by atoms with van der Waals surface area (Å²) in [4.78, 5) is 12.8. The molecule has 0 saturated heterocycles. The van der Waals surface area contributed by atoms with Gasteiger partial charge in [-0.3, -0.25) is 0 Å². The smallest absolute Gasteiger partial charge is 0.218 e. The maximum absolute atomic E-state index is 4.41. The van der Waals surface area contributed by atoms with Crippen LogP contribution in [0, 0.1) is 0 Å². The van der Waals surface area contributed by atoms with E-state index in [1.54, 1.807) is 17.1 Å². The minimum absolute atomic E-state index is 0.562. The molecular formula is C10H12BrN5. The van der Waals surface area contributed by atoms with Crippen LogP contribution in [-0.2, 0) is 12.8 Å². The summed E-state index contributed by atoms with van der Waals surface area (Å²) >= 11 is 3.30. The Kier molecular flexibility index (Phi) is 3.28. The average Bonchev–Trinajstić information content (AvgIpc) is 2.73. The maximum atomic E-state index is 4.41. The lowest BCUT2D eigenvalue weighted by molar-refractivity contribution is 0.742. The van der Waals surface area contributed by atoms with Gasteiger partial charge in [0.25, 0.3) is 5.95 Å². The van der Waals surface area contributed by atoms with Crippen molar-refractivity contribution in [3.63, 3.8) is 0 Å². The van der Waals surface area contributed by atoms with Gasteiger partial charge in [-0.05, 0) is 15.9 Å². The summed E-state index contributed by atoms with van der Waals surface area (Å²) < 4.78 is 2.55. The van der Waals surface area contributed by atoms with Crippen LogP contribution in [0.3, 0.4) is 0 Å². The maximum Gasteiger partial charge on any atom is 0.252 e. The molecule has 0 spiro atoms. The van der Waals surface area contributed by atoms with E-state index in [1.165, 1.54) is 0 Å². The molecule has 16 heavy (non-hydrogen) atoms. The van der Waals surface area contributed by atoms with Crippen LogP contribution in [-0.4, -0.2) is 24.7 Å². The fraction of sp³-hybridized carbons (Fsp3) is 0.400. The molecule has 2 aromatic rings. The minimum atomic E-state index is 0.562. The SMILES string of the molecule is CCc1nc(CC)n(-c2ncc(Br)cn2)n1. The fourth-order valence-electron chi connectivity index (χ4n) is 1.35. The zero-order valence-corrected chi connectivity index (χ0v) is 10.8. The van der Waals surface area contributed by atoms with Gasteiger partial charge in [0.15, 0.2) is 5.82 Å². The van der Waals surface area contributed by atoms with Gasteiger partial charge in [0.05, 0.1) is 4.47 Å². The summed E-state index contributed by atoms with van der Waals surface area (Å²) in [6.45, 7) is 4.07. The summed E-state index contributed by atoms with van der Waals surface area (Å²) in [7, 11) is 0. The summed E-state index contributed by atoms with van der Waals surface area (Å²) in [5, 5.41) is 4.36. The number of rotatable bonds is 3. The number of hydrogen-bond donors (Lipinski definition) is 0. The van der Waals surface area contributed by atoms with Crippen LogP contribution in [0.25, 0.3) is 5.95 Å². The molecule has 0 N–H and O–H groups in total. The van der Waals surface area contributed by atoms with Crippen molar-refractivity contribution in [3.05, 3.63) is 28.5 Å². The lowest BCUT2D eigenvalue weighted by Crippen LogP contribution is -2.06. The van der Waals surface area contributed by atoms with Crippen LogP contribution < -0.4 is 0 Å². The highest BCUT2D eigenvalue weighted by Crippen LogP contribution is 2.09. The molecule has 0 aromatic carbocycles. The van der Waals surface area contributed by atoms with Gasteiger partial charge in [0.1, 0.15) is 5.82 Å². The van der Waals surface area contributed by atoms with E-state index in [1.807, 2.05) is 13.8 Å². The standard InChI is InChI=1S/C10H12BrN5/c1-3-8-14-9(4-2)16(15-8)10-12-5-7(11)6-13-10/h5-6H,3-4H2,1-2H3. The monoisotopic (exact) mass is 281 g/mol. The molecule has 0 atom stereocenters. The van der Waals surface area contributed by atoms with Crippen molar-refractivity contribution >= 4 is 15.9 Å². The van der Waals surface area contributed by atoms with E-state index < -0.39 is 0 Å². The molecule has 0 saturated carbocycles. The average molecular weight is 282 g/mol. The molecular weight excluding hydrogens is 270 g/mol. The van der Waals surface area contributed by atoms with Crippen molar-refractivity contribution in [1.82, 2.24) is 24.7 Å². The Balaban J connectivity index is 2.45. The van der Waals surface area contributed by atoms with Gasteiger partial charge in [-0.2, -0.15) is 4.68 Å². The molecule has 0 unspecified atom stereocenters. The van der Waals surface area contributed by atoms with Crippen molar-refractivity contribution < 1.29 is 0 Å². The van der Waals surface area contributed by atoms with Gasteiger partial charge < -0.3 is 0 Å². The van der Waals surface area contributed by atoms with Crippen LogP contribution in [0.1, 0.15) is 25.5 Å². The highest BCUT2D eigenvalue weighted by molar-refractivity contribution is 9.10. The molecule has 0 aliphatic rings. The summed E-state index contributed by atoms with van der Waals surface area (Å²) in [5.74, 6) is 2.27. The molecule has 2 rings (SSSR count). The predicted molar refractivity (Wildman–Crippen MR) is 63.4 cm³/mol. The Morgan fingerprint density at radius 1 is 1.19 bits per heavy atom. The first-order valence-electron chi connectivity index (χ1n) is 5.17. The second kappa shape index (κ2) is 4.69. The Hall–Kier alpha value is -1.30. The van der Waals surface area contributed by atoms with Crippen molar-refractivity contribution in [2.45, 2.75) is 26.7 Å². The van der Waals surface area contributed by atoms with Gasteiger partial charge in [-0.15, -0.1) is 5.10 Å². The first-order chi connectivity index (χ1) is 7.74. The lowest BCUT2D eigenvalue weighted by Gasteiger charge is -2.01. The zero-order chi connectivity index (χ0) is 11.5. The van der Waals surface area contributed by atoms with E-state index in [0.717, 1.165) is 29.0 Å². The van der Waals surface area contributed by atoms with E-state index in [0.29, 0.717) is 5.95 Å². The second-order valence-corrected chi connectivity index (χ2v) is 4.18. The molecule has 0 aliphatic carbocycles. The van der Waals surface area contributed by atoms with E-state index in [-0.39, 0.29) is 0 Å². The van der Waals surface area contributed by atoms with E-state index in [9.17, 15) is 0 Å². The number of nitrogens with zero attached hydrogens (tertiary/aromatic N) is 5. The minimum Gasteiger partial charge on any atom is -0.218 e. The van der Waals surface area contributed by atoms with Gasteiger partial charge in [-0.1, -0.05) is 13.8 Å². The van der Waals surface area contributed by atoms with Crippen LogP contribution >= 0.6 is 15.9 Å². The number of aromatic nitrogens is 5. The third-order valence-electron chi connectivity index (χ3n) is 2.15. The van der Waals surface area contributed by atoms with E-state index >= 15 is 0 Å². The molecule has 6 heteroatoms. The number of aryl methyl sites for hydroxylation is 2. The quantitative estimate of drug-likeness (QED) is 0.863. The third kappa shape index (κ3) is 2.11. The largest absolute Gasteiger partial charge is 0.252 e. The number of hydrogen-bond acceptors (Lipinski definition) is 4. The van der Waals surface area contributed by atoms with Crippen LogP contribution in [0.2, 0.25) is 0 Å². The predicted octanol–water partition coefficient (Wildman–Crippen LogP) is 1.94. The normalized spacial score (nSPS) is 10.7. The Morgan fingerprint density at radius 2 is 1.88 bits per heavy atom. The first-order valence-corrected chi connectivity index (χ1v) is 5.96. The van der Waals surface area contributed by atoms with Crippen LogP contribution in [0.15, 0.2) is 16.9 Å². The molecule has 0 radical (unpaired) electrons. The highest BCUT2D eigenvalue weighted by atomic mass is 79.9. The molecule has 2 heterocycles. The molecule has 0 amide bonds. The molecule has 0 aliphatic heterocycles. The lowest BCUT2D eigenvalue weighted by atomic mass is 10.4. The van der Waals surface area contributed by atoms with Gasteiger partial charge in [0, 0.05) is 25.2 Å². The van der Waals surface area contributed by atoms with Crippen molar-refractivity contribution in [1.29, 1.82) is 0 Å². The second-order valence-electron chi connectivity index (χ2n) is 3.26. The fourth-order valence-corrected chi connectivity index (χ4v) is 1.55. The Morgan fingerprint density at radius 3 is 2.44 bits per heavy atom. The molecule has 84 valence electrons. The van der Waals surface area contributed by atoms with Crippen molar-refractivity contribution in [3.8, 4) is 5.95 Å². The Labute approximate surface area is 102 Å².